The second-order valence-electron chi connectivity index (χ2n) is 9.56. The van der Waals surface area contributed by atoms with Gasteiger partial charge in [0.25, 0.3) is 5.69 Å². The number of hydrogen-bond donors (Lipinski definition) is 1. The number of piperidine rings is 1. The minimum atomic E-state index is -0.419. The van der Waals surface area contributed by atoms with Crippen LogP contribution in [0.5, 0.6) is 0 Å². The molecule has 0 spiro atoms. The van der Waals surface area contributed by atoms with Crippen molar-refractivity contribution in [1.82, 2.24) is 10.3 Å². The molecule has 34 heavy (non-hydrogen) atoms. The number of nitrogens with one attached hydrogen (secondary N) is 1. The molecular weight excluding hydrogens is 430 g/mol. The molecule has 0 atom stereocenters. The zero-order valence-electron chi connectivity index (χ0n) is 19.6. The number of fused-ring (bicyclic) bond motifs is 1. The number of carbonyl (C=O) groups excluding carboxylic acids is 1. The minimum absolute atomic E-state index is 0.00448. The number of hydrogen-bond acceptors (Lipinski definition) is 5. The van der Waals surface area contributed by atoms with Gasteiger partial charge < -0.3 is 5.32 Å². The van der Waals surface area contributed by atoms with Crippen molar-refractivity contribution in [3.8, 4) is 0 Å². The van der Waals surface area contributed by atoms with E-state index in [-0.39, 0.29) is 17.8 Å². The fourth-order valence-electron chi connectivity index (χ4n) is 5.40. The molecule has 8 heteroatoms. The van der Waals surface area contributed by atoms with Gasteiger partial charge in [0.1, 0.15) is 0 Å². The van der Waals surface area contributed by atoms with E-state index in [0.717, 1.165) is 61.3 Å². The Kier molecular flexibility index (Phi) is 6.32. The minimum Gasteiger partial charge on any atom is -0.317 e. The van der Waals surface area contributed by atoms with E-state index in [9.17, 15) is 14.9 Å². The standard InChI is InChI=1S/C26H31N5O3/c1-18-7-12-23-24(17-18)29(20-8-10-22(11-9-20)31(33)34)26(32)30(21-13-15-27-16-14-21)28-25(23)19-5-3-2-4-6-19/h7-12,17,19,21,27H,2-6,13-16H2,1H3. The average Bonchev–Trinajstić information content (AvgIpc) is 2.99. The molecule has 5 rings (SSSR count). The van der Waals surface area contributed by atoms with Crippen molar-refractivity contribution in [2.75, 3.05) is 18.0 Å². The summed E-state index contributed by atoms with van der Waals surface area (Å²) in [7, 11) is 0. The second kappa shape index (κ2) is 9.54. The molecule has 2 fully saturated rings. The Bertz CT molecular complexity index is 1100. The van der Waals surface area contributed by atoms with Crippen LogP contribution in [-0.4, -0.2) is 40.8 Å². The number of benzene rings is 2. The molecule has 178 valence electrons. The van der Waals surface area contributed by atoms with Crippen LogP contribution in [0.2, 0.25) is 0 Å². The molecule has 2 amide bonds. The number of urea groups is 1. The van der Waals surface area contributed by atoms with E-state index >= 15 is 0 Å². The van der Waals surface area contributed by atoms with Crippen molar-refractivity contribution in [2.45, 2.75) is 57.9 Å². The van der Waals surface area contributed by atoms with Gasteiger partial charge >= 0.3 is 6.03 Å². The predicted octanol–water partition coefficient (Wildman–Crippen LogP) is 5.51. The highest BCUT2D eigenvalue weighted by atomic mass is 16.6. The van der Waals surface area contributed by atoms with Crippen LogP contribution < -0.4 is 10.2 Å². The number of nitrogens with zero attached hydrogens (tertiary/aromatic N) is 4. The molecule has 0 radical (unpaired) electrons. The van der Waals surface area contributed by atoms with Crippen LogP contribution in [0.1, 0.15) is 56.1 Å². The molecule has 1 saturated carbocycles. The first-order valence-electron chi connectivity index (χ1n) is 12.3. The Balaban J connectivity index is 1.66. The van der Waals surface area contributed by atoms with E-state index in [0.29, 0.717) is 11.6 Å². The number of amides is 2. The van der Waals surface area contributed by atoms with Gasteiger partial charge in [-0.05, 0) is 69.5 Å². The highest BCUT2D eigenvalue weighted by Crippen LogP contribution is 2.39. The van der Waals surface area contributed by atoms with Gasteiger partial charge in [-0.15, -0.1) is 0 Å². The van der Waals surface area contributed by atoms with E-state index in [2.05, 4.69) is 17.4 Å². The average molecular weight is 462 g/mol. The Hall–Kier alpha value is -3.26. The van der Waals surface area contributed by atoms with Gasteiger partial charge in [0.05, 0.1) is 28.1 Å². The van der Waals surface area contributed by atoms with Crippen LogP contribution in [0.25, 0.3) is 0 Å². The van der Waals surface area contributed by atoms with Gasteiger partial charge in [0.2, 0.25) is 0 Å². The summed E-state index contributed by atoms with van der Waals surface area (Å²) in [4.78, 5) is 26.7. The third kappa shape index (κ3) is 4.30. The SMILES string of the molecule is Cc1ccc2c(c1)N(c1ccc([N+](=O)[O-])cc1)C(=O)N(C1CCNCC1)N=C2C1CCCCC1. The van der Waals surface area contributed by atoms with Crippen LogP contribution in [0.4, 0.5) is 21.9 Å². The smallest absolute Gasteiger partial charge is 0.317 e. The quantitative estimate of drug-likeness (QED) is 0.480. The highest BCUT2D eigenvalue weighted by Gasteiger charge is 2.37. The first-order chi connectivity index (χ1) is 16.5. The zero-order valence-corrected chi connectivity index (χ0v) is 19.6. The number of aryl methyl sites for hydroxylation is 1. The number of hydrazone groups is 1. The zero-order chi connectivity index (χ0) is 23.7. The summed E-state index contributed by atoms with van der Waals surface area (Å²) in [6.07, 6.45) is 7.45. The van der Waals surface area contributed by atoms with Crippen LogP contribution in [0.3, 0.4) is 0 Å². The lowest BCUT2D eigenvalue weighted by Crippen LogP contribution is -2.47. The van der Waals surface area contributed by atoms with Gasteiger partial charge in [0, 0.05) is 23.6 Å². The fraction of sp³-hybridized carbons (Fsp3) is 0.462. The molecule has 2 heterocycles. The van der Waals surface area contributed by atoms with Crippen LogP contribution in [0, 0.1) is 23.0 Å². The maximum atomic E-state index is 14.2. The molecule has 1 aliphatic carbocycles. The summed E-state index contributed by atoms with van der Waals surface area (Å²) in [6.45, 7) is 3.73. The van der Waals surface area contributed by atoms with Crippen molar-refractivity contribution in [1.29, 1.82) is 0 Å². The molecule has 0 aromatic heterocycles. The Morgan fingerprint density at radius 1 is 1.00 bits per heavy atom. The molecule has 3 aliphatic rings. The number of anilines is 2. The summed E-state index contributed by atoms with van der Waals surface area (Å²) in [5.41, 5.74) is 4.47. The maximum Gasteiger partial charge on any atom is 0.349 e. The molecule has 0 bridgehead atoms. The number of non-ortho nitro benzene ring substituents is 1. The summed E-state index contributed by atoms with van der Waals surface area (Å²) >= 11 is 0. The second-order valence-corrected chi connectivity index (χ2v) is 9.56. The van der Waals surface area contributed by atoms with Crippen molar-refractivity contribution in [3.05, 3.63) is 63.7 Å². The number of carbonyl (C=O) groups is 1. The largest absolute Gasteiger partial charge is 0.349 e. The van der Waals surface area contributed by atoms with E-state index in [1.54, 1.807) is 22.0 Å². The van der Waals surface area contributed by atoms with Gasteiger partial charge in [-0.25, -0.2) is 9.80 Å². The lowest BCUT2D eigenvalue weighted by molar-refractivity contribution is -0.384. The van der Waals surface area contributed by atoms with E-state index in [4.69, 9.17) is 5.10 Å². The van der Waals surface area contributed by atoms with Crippen molar-refractivity contribution >= 4 is 28.8 Å². The molecule has 1 saturated heterocycles. The van der Waals surface area contributed by atoms with Crippen LogP contribution in [0.15, 0.2) is 47.6 Å². The molecular formula is C26H31N5O3. The van der Waals surface area contributed by atoms with Gasteiger partial charge in [-0.3, -0.25) is 15.0 Å². The molecule has 0 unspecified atom stereocenters. The van der Waals surface area contributed by atoms with Crippen LogP contribution >= 0.6 is 0 Å². The van der Waals surface area contributed by atoms with Crippen molar-refractivity contribution in [2.24, 2.45) is 11.0 Å². The third-order valence-electron chi connectivity index (χ3n) is 7.24. The summed E-state index contributed by atoms with van der Waals surface area (Å²) in [5.74, 6) is 0.323. The summed E-state index contributed by atoms with van der Waals surface area (Å²) < 4.78 is 0. The van der Waals surface area contributed by atoms with Gasteiger partial charge in [-0.2, -0.15) is 5.10 Å². The summed E-state index contributed by atoms with van der Waals surface area (Å²) in [6, 6.07) is 12.3. The predicted molar refractivity (Wildman–Crippen MR) is 133 cm³/mol. The monoisotopic (exact) mass is 461 g/mol. The van der Waals surface area contributed by atoms with Gasteiger partial charge in [0.15, 0.2) is 0 Å². The molecule has 2 aromatic rings. The Labute approximate surface area is 199 Å². The topological polar surface area (TPSA) is 91.1 Å². The van der Waals surface area contributed by atoms with E-state index in [1.807, 2.05) is 13.0 Å². The first kappa shape index (κ1) is 22.5. The fourth-order valence-corrected chi connectivity index (χ4v) is 5.40. The van der Waals surface area contributed by atoms with Crippen molar-refractivity contribution < 1.29 is 9.72 Å². The van der Waals surface area contributed by atoms with Crippen LogP contribution in [-0.2, 0) is 0 Å². The number of nitro groups is 1. The number of nitro benzene ring substituents is 1. The van der Waals surface area contributed by atoms with Crippen molar-refractivity contribution in [3.63, 3.8) is 0 Å². The van der Waals surface area contributed by atoms with E-state index in [1.165, 1.54) is 31.4 Å². The normalized spacial score (nSPS) is 20.0. The molecule has 2 aromatic carbocycles. The summed E-state index contributed by atoms with van der Waals surface area (Å²) in [5, 5.41) is 21.4. The maximum absolute atomic E-state index is 14.2. The lowest BCUT2D eigenvalue weighted by atomic mass is 9.82. The third-order valence-corrected chi connectivity index (χ3v) is 7.24. The Morgan fingerprint density at radius 3 is 2.38 bits per heavy atom. The number of rotatable bonds is 4. The molecule has 8 nitrogen and oxygen atoms in total. The molecule has 2 aliphatic heterocycles. The lowest BCUT2D eigenvalue weighted by Gasteiger charge is -2.34. The highest BCUT2D eigenvalue weighted by molar-refractivity contribution is 6.14. The molecule has 1 N–H and O–H groups in total. The first-order valence-corrected chi connectivity index (χ1v) is 12.3. The Morgan fingerprint density at radius 2 is 1.71 bits per heavy atom. The van der Waals surface area contributed by atoms with Gasteiger partial charge in [-0.1, -0.05) is 31.4 Å². The van der Waals surface area contributed by atoms with E-state index < -0.39 is 4.92 Å².